The largest absolute Gasteiger partial charge is 0.459 e. The highest BCUT2D eigenvalue weighted by Gasteiger charge is 2.53. The number of esters is 1. The number of hydrogen-bond donors (Lipinski definition) is 5. The van der Waals surface area contributed by atoms with E-state index in [4.69, 9.17) is 28.4 Å². The number of ketones is 1. The molecule has 14 nitrogen and oxygen atoms in total. The Morgan fingerprint density at radius 3 is 2.04 bits per heavy atom. The number of carbonyl (C=O) groups is 2. The highest BCUT2D eigenvalue weighted by molar-refractivity contribution is 5.83. The Bertz CT molecular complexity index is 1170. The molecule has 3 aliphatic heterocycles. The lowest BCUT2D eigenvalue weighted by Gasteiger charge is -2.49. The second-order valence-corrected chi connectivity index (χ2v) is 16.5. The van der Waals surface area contributed by atoms with E-state index < -0.39 is 108 Å². The van der Waals surface area contributed by atoms with Gasteiger partial charge in [-0.15, -0.1) is 0 Å². The molecule has 0 unspecified atom stereocenters. The van der Waals surface area contributed by atoms with Crippen molar-refractivity contribution in [1.82, 2.24) is 4.90 Å². The smallest absolute Gasteiger partial charge is 0.311 e. The summed E-state index contributed by atoms with van der Waals surface area (Å²) in [6.45, 7) is 16.3. The number of rotatable bonds is 7. The third kappa shape index (κ3) is 9.51. The number of cyclic esters (lactones) is 1. The van der Waals surface area contributed by atoms with Gasteiger partial charge in [0.15, 0.2) is 12.6 Å². The van der Waals surface area contributed by atoms with E-state index >= 15 is 0 Å². The number of carbonyl (C=O) groups excluding carboxylic acids is 2. The summed E-state index contributed by atoms with van der Waals surface area (Å²) < 4.78 is 37.1. The first-order chi connectivity index (χ1) is 23.4. The lowest BCUT2D eigenvalue weighted by molar-refractivity contribution is -0.318. The lowest BCUT2D eigenvalue weighted by atomic mass is 9.74. The van der Waals surface area contributed by atoms with Gasteiger partial charge in [-0.05, 0) is 74.9 Å². The molecule has 0 saturated carbocycles. The average molecular weight is 734 g/mol. The van der Waals surface area contributed by atoms with Crippen LogP contribution in [-0.4, -0.2) is 148 Å². The maximum atomic E-state index is 14.1. The van der Waals surface area contributed by atoms with Crippen LogP contribution >= 0.6 is 0 Å². The number of hydrogen-bond acceptors (Lipinski definition) is 14. The molecular weight excluding hydrogens is 666 g/mol. The van der Waals surface area contributed by atoms with Crippen molar-refractivity contribution in [2.45, 2.75) is 179 Å². The number of aliphatic hydroxyl groups excluding tert-OH is 3. The first-order valence-corrected chi connectivity index (χ1v) is 18.5. The zero-order valence-electron chi connectivity index (χ0n) is 32.9. The summed E-state index contributed by atoms with van der Waals surface area (Å²) in [4.78, 5) is 29.8. The number of aliphatic hydroxyl groups is 5. The van der Waals surface area contributed by atoms with E-state index in [0.29, 0.717) is 6.42 Å². The van der Waals surface area contributed by atoms with Crippen molar-refractivity contribution in [3.63, 3.8) is 0 Å². The molecule has 3 aliphatic rings. The fraction of sp³-hybridized carbons (Fsp3) is 0.946. The molecule has 3 fully saturated rings. The SMILES string of the molecule is CC[C@@H]1OC(=O)[C@@H](C)[C@H](O[C@H]2C[C@@](C)(OC)[C@H](O)[C@@H](C)O2)[C@H](C)[C@@H](O[C@@H]2O[C@H](C)C[C@H](N(C)C)[C@H]2O)[C@@](C)(O)C[C@@H](C)C(=O)[C@@H](C)[C@H](O)[C@@]1(C)O. The number of likely N-dealkylation sites (N-methyl/N-ethyl adjacent to an activating group) is 1. The van der Waals surface area contributed by atoms with Crippen molar-refractivity contribution in [2.75, 3.05) is 21.2 Å². The molecule has 0 aromatic rings. The van der Waals surface area contributed by atoms with Crippen molar-refractivity contribution < 1.29 is 63.5 Å². The Hall–Kier alpha value is -1.30. The Morgan fingerprint density at radius 1 is 0.882 bits per heavy atom. The Balaban J connectivity index is 2.18. The van der Waals surface area contributed by atoms with Gasteiger partial charge in [0.1, 0.15) is 29.7 Å². The van der Waals surface area contributed by atoms with Gasteiger partial charge in [-0.3, -0.25) is 9.59 Å². The van der Waals surface area contributed by atoms with Gasteiger partial charge in [0.2, 0.25) is 0 Å². The second kappa shape index (κ2) is 17.0. The first-order valence-electron chi connectivity index (χ1n) is 18.5. The molecule has 3 saturated heterocycles. The van der Waals surface area contributed by atoms with Crippen LogP contribution in [0.1, 0.15) is 94.9 Å². The van der Waals surface area contributed by atoms with E-state index in [1.807, 2.05) is 25.9 Å². The van der Waals surface area contributed by atoms with Crippen molar-refractivity contribution in [3.05, 3.63) is 0 Å². The minimum Gasteiger partial charge on any atom is -0.459 e. The van der Waals surface area contributed by atoms with Crippen molar-refractivity contribution >= 4 is 11.8 Å². The topological polar surface area (TPSA) is 194 Å². The van der Waals surface area contributed by atoms with E-state index in [9.17, 15) is 35.1 Å². The van der Waals surface area contributed by atoms with Crippen LogP contribution in [0.5, 0.6) is 0 Å². The maximum Gasteiger partial charge on any atom is 0.311 e. The lowest BCUT2D eigenvalue weighted by Crippen LogP contribution is -2.61. The number of nitrogens with zero attached hydrogens (tertiary/aromatic N) is 1. The fourth-order valence-corrected chi connectivity index (χ4v) is 8.41. The molecule has 3 rings (SSSR count). The standard InChI is InChI=1S/C37H67NO13/c1-14-25-37(10,45)30(41)20(4)27(39)18(2)16-35(8,44)32(51-34-28(40)24(38(11)12)15-19(3)47-34)21(5)29(22(6)33(43)49-25)50-26-17-36(9,46-13)31(42)23(7)48-26/h18-26,28-32,34,40-42,44-45H,14-17H2,1-13H3/t18-,19-,20-,21+,22+,23-,24+,25+,26+,28-,29-,30+,31-,32-,34+,35+,36-,37+/m1/s1. The van der Waals surface area contributed by atoms with Crippen LogP contribution in [0.4, 0.5) is 0 Å². The van der Waals surface area contributed by atoms with Crippen LogP contribution in [0.15, 0.2) is 0 Å². The summed E-state index contributed by atoms with van der Waals surface area (Å²) in [6.07, 6.45) is -9.71. The van der Waals surface area contributed by atoms with E-state index in [0.717, 1.165) is 0 Å². The van der Waals surface area contributed by atoms with E-state index in [1.165, 1.54) is 27.9 Å². The summed E-state index contributed by atoms with van der Waals surface area (Å²) in [5, 5.41) is 57.6. The van der Waals surface area contributed by atoms with Crippen LogP contribution in [0.3, 0.4) is 0 Å². The quantitative estimate of drug-likeness (QED) is 0.238. The molecule has 0 aromatic heterocycles. The molecule has 18 atom stereocenters. The van der Waals surface area contributed by atoms with Gasteiger partial charge in [0, 0.05) is 37.3 Å². The van der Waals surface area contributed by atoms with Crippen LogP contribution in [0, 0.1) is 23.7 Å². The first kappa shape index (κ1) is 44.1. The maximum absolute atomic E-state index is 14.1. The minimum atomic E-state index is -1.99. The zero-order chi connectivity index (χ0) is 39.0. The molecule has 0 aliphatic carbocycles. The summed E-state index contributed by atoms with van der Waals surface area (Å²) in [7, 11) is 5.18. The van der Waals surface area contributed by atoms with Crippen molar-refractivity contribution in [3.8, 4) is 0 Å². The van der Waals surface area contributed by atoms with E-state index in [1.54, 1.807) is 41.5 Å². The summed E-state index contributed by atoms with van der Waals surface area (Å²) in [6, 6.07) is -0.324. The molecule has 0 amide bonds. The molecule has 0 spiro atoms. The van der Waals surface area contributed by atoms with Gasteiger partial charge in [0.25, 0.3) is 0 Å². The molecule has 0 radical (unpaired) electrons. The summed E-state index contributed by atoms with van der Waals surface area (Å²) >= 11 is 0. The summed E-state index contributed by atoms with van der Waals surface area (Å²) in [5.41, 5.74) is -4.84. The van der Waals surface area contributed by atoms with Crippen molar-refractivity contribution in [2.24, 2.45) is 23.7 Å². The van der Waals surface area contributed by atoms with Crippen LogP contribution < -0.4 is 0 Å². The Morgan fingerprint density at radius 2 is 1.49 bits per heavy atom. The Labute approximate surface area is 304 Å². The van der Waals surface area contributed by atoms with Crippen LogP contribution in [0.25, 0.3) is 0 Å². The van der Waals surface area contributed by atoms with Gasteiger partial charge in [-0.25, -0.2) is 0 Å². The van der Waals surface area contributed by atoms with Crippen molar-refractivity contribution in [1.29, 1.82) is 0 Å². The van der Waals surface area contributed by atoms with Gasteiger partial charge < -0.3 is 58.9 Å². The molecule has 14 heteroatoms. The molecule has 298 valence electrons. The van der Waals surface area contributed by atoms with Crippen LogP contribution in [0.2, 0.25) is 0 Å². The monoisotopic (exact) mass is 733 g/mol. The predicted octanol–water partition coefficient (Wildman–Crippen LogP) is 1.79. The molecule has 5 N–H and O–H groups in total. The van der Waals surface area contributed by atoms with Gasteiger partial charge in [-0.2, -0.15) is 0 Å². The average Bonchev–Trinajstić information content (AvgIpc) is 3.05. The van der Waals surface area contributed by atoms with Gasteiger partial charge in [0.05, 0.1) is 47.6 Å². The van der Waals surface area contributed by atoms with E-state index in [2.05, 4.69) is 0 Å². The molecule has 3 heterocycles. The number of ether oxygens (including phenoxy) is 6. The summed E-state index contributed by atoms with van der Waals surface area (Å²) in [5.74, 6) is -4.98. The second-order valence-electron chi connectivity index (χ2n) is 16.5. The number of methoxy groups -OCH3 is 1. The third-order valence-corrected chi connectivity index (χ3v) is 11.8. The zero-order valence-corrected chi connectivity index (χ0v) is 32.9. The predicted molar refractivity (Wildman–Crippen MR) is 186 cm³/mol. The van der Waals surface area contributed by atoms with Gasteiger partial charge in [-0.1, -0.05) is 27.7 Å². The molecule has 51 heavy (non-hydrogen) atoms. The number of Topliss-reactive ketones (excluding diaryl/α,β-unsaturated/α-hetero) is 1. The van der Waals surface area contributed by atoms with E-state index in [-0.39, 0.29) is 31.4 Å². The fourth-order valence-electron chi connectivity index (χ4n) is 8.41. The highest BCUT2D eigenvalue weighted by Crippen LogP contribution is 2.40. The van der Waals surface area contributed by atoms with Crippen LogP contribution in [-0.2, 0) is 38.0 Å². The molecular formula is C37H67NO13. The third-order valence-electron chi connectivity index (χ3n) is 11.8. The highest BCUT2D eigenvalue weighted by atomic mass is 16.7. The molecule has 0 aromatic carbocycles. The minimum absolute atomic E-state index is 0.0936. The Kier molecular flexibility index (Phi) is 14.7. The molecule has 0 bridgehead atoms. The van der Waals surface area contributed by atoms with Gasteiger partial charge >= 0.3 is 5.97 Å². The normalized spacial score (nSPS) is 49.7.